The van der Waals surface area contributed by atoms with Crippen molar-refractivity contribution in [2.45, 2.75) is 37.8 Å². The fourth-order valence-corrected chi connectivity index (χ4v) is 4.04. The Kier molecular flexibility index (Phi) is 4.37. The van der Waals surface area contributed by atoms with Crippen molar-refractivity contribution in [1.29, 1.82) is 0 Å². The number of hydrogen-bond donors (Lipinski definition) is 0. The molecule has 2 fully saturated rings. The summed E-state index contributed by atoms with van der Waals surface area (Å²) in [7, 11) is 2.16. The second-order valence-corrected chi connectivity index (χ2v) is 7.45. The summed E-state index contributed by atoms with van der Waals surface area (Å²) in [5.74, 6) is 0.924. The second kappa shape index (κ2) is 7.01. The first-order valence-corrected chi connectivity index (χ1v) is 9.81. The van der Waals surface area contributed by atoms with E-state index >= 15 is 0 Å². The zero-order valence-corrected chi connectivity index (χ0v) is 15.7. The van der Waals surface area contributed by atoms with Crippen LogP contribution in [0.2, 0.25) is 0 Å². The molecule has 5 rings (SSSR count). The fourth-order valence-electron chi connectivity index (χ4n) is 4.04. The number of aromatic nitrogens is 3. The third kappa shape index (κ3) is 3.46. The van der Waals surface area contributed by atoms with Gasteiger partial charge in [-0.05, 0) is 25.7 Å². The monoisotopic (exact) mass is 370 g/mol. The van der Waals surface area contributed by atoms with E-state index in [1.807, 2.05) is 16.7 Å². The normalized spacial score (nSPS) is 25.4. The molecule has 2 aromatic heterocycles. The highest BCUT2D eigenvalue weighted by molar-refractivity contribution is 5.53. The van der Waals surface area contributed by atoms with E-state index in [1.54, 1.807) is 6.20 Å². The summed E-state index contributed by atoms with van der Waals surface area (Å²) >= 11 is 0. The molecule has 8 heteroatoms. The molecule has 0 atom stereocenters. The molecule has 0 radical (unpaired) electrons. The topological polar surface area (TPSA) is 58.1 Å². The Labute approximate surface area is 159 Å². The molecule has 1 saturated heterocycles. The average molecular weight is 370 g/mol. The summed E-state index contributed by atoms with van der Waals surface area (Å²) in [4.78, 5) is 11.5. The van der Waals surface area contributed by atoms with Gasteiger partial charge in [0.15, 0.2) is 0 Å². The standard InChI is InChI=1S/C19H26N6O2/c1-22(24-8-9-24)15-2-4-16(5-3-15)27-19-21-18(23-10-12-26-13-11-23)14-17-20-6-7-25(17)19/h6-9,14-16H,2-5,10-13H2,1H3. The Morgan fingerprint density at radius 2 is 1.93 bits per heavy atom. The number of nitrogens with zero attached hydrogens (tertiary/aromatic N) is 6. The molecule has 1 saturated carbocycles. The van der Waals surface area contributed by atoms with Crippen molar-refractivity contribution in [2.75, 3.05) is 38.3 Å². The van der Waals surface area contributed by atoms with Gasteiger partial charge < -0.3 is 14.4 Å². The lowest BCUT2D eigenvalue weighted by Gasteiger charge is -2.35. The van der Waals surface area contributed by atoms with Gasteiger partial charge in [-0.3, -0.25) is 9.41 Å². The molecule has 2 aromatic rings. The van der Waals surface area contributed by atoms with E-state index in [0.717, 1.165) is 63.5 Å². The van der Waals surface area contributed by atoms with Crippen molar-refractivity contribution in [1.82, 2.24) is 24.4 Å². The van der Waals surface area contributed by atoms with Crippen molar-refractivity contribution < 1.29 is 9.47 Å². The highest BCUT2D eigenvalue weighted by Gasteiger charge is 2.29. The van der Waals surface area contributed by atoms with Crippen LogP contribution in [0.4, 0.5) is 5.82 Å². The Morgan fingerprint density at radius 3 is 2.67 bits per heavy atom. The first kappa shape index (κ1) is 16.8. The SMILES string of the molecule is CN(C1CCC(Oc2nc(N3CCOCC3)cc3nccn23)CC1)N1C=C1. The van der Waals surface area contributed by atoms with Crippen molar-refractivity contribution in [3.63, 3.8) is 0 Å². The lowest BCUT2D eigenvalue weighted by atomic mass is 9.93. The molecular weight excluding hydrogens is 344 g/mol. The van der Waals surface area contributed by atoms with Crippen LogP contribution in [0.3, 0.4) is 0 Å². The number of imidazole rings is 1. The van der Waals surface area contributed by atoms with Crippen LogP contribution in [0, 0.1) is 0 Å². The molecule has 0 bridgehead atoms. The maximum absolute atomic E-state index is 6.37. The molecule has 4 heterocycles. The summed E-state index contributed by atoms with van der Waals surface area (Å²) in [6.45, 7) is 3.18. The number of hydrazine groups is 1. The molecule has 144 valence electrons. The van der Waals surface area contributed by atoms with E-state index in [9.17, 15) is 0 Å². The first-order chi connectivity index (χ1) is 13.3. The third-order valence-electron chi connectivity index (χ3n) is 5.77. The summed E-state index contributed by atoms with van der Waals surface area (Å²) in [5.41, 5.74) is 0.877. The Bertz CT molecular complexity index is 817. The maximum atomic E-state index is 6.37. The molecule has 0 N–H and O–H groups in total. The van der Waals surface area contributed by atoms with Crippen LogP contribution in [0.25, 0.3) is 5.65 Å². The van der Waals surface area contributed by atoms with Crippen molar-refractivity contribution in [2.24, 2.45) is 0 Å². The fraction of sp³-hybridized carbons (Fsp3) is 0.579. The van der Waals surface area contributed by atoms with Crippen LogP contribution in [0.1, 0.15) is 25.7 Å². The zero-order valence-electron chi connectivity index (χ0n) is 15.7. The lowest BCUT2D eigenvalue weighted by molar-refractivity contribution is 0.0309. The lowest BCUT2D eigenvalue weighted by Crippen LogP contribution is -2.40. The number of hydrogen-bond acceptors (Lipinski definition) is 7. The van der Waals surface area contributed by atoms with Gasteiger partial charge >= 0.3 is 6.01 Å². The third-order valence-corrected chi connectivity index (χ3v) is 5.77. The van der Waals surface area contributed by atoms with E-state index in [-0.39, 0.29) is 6.10 Å². The van der Waals surface area contributed by atoms with E-state index in [4.69, 9.17) is 14.5 Å². The Morgan fingerprint density at radius 1 is 1.15 bits per heavy atom. The van der Waals surface area contributed by atoms with Gasteiger partial charge in [0, 0.05) is 57.0 Å². The quantitative estimate of drug-likeness (QED) is 0.797. The number of rotatable bonds is 5. The summed E-state index contributed by atoms with van der Waals surface area (Å²) in [6, 6.07) is 3.26. The van der Waals surface area contributed by atoms with Gasteiger partial charge in [0.25, 0.3) is 0 Å². The van der Waals surface area contributed by atoms with Crippen LogP contribution in [-0.2, 0) is 4.74 Å². The van der Waals surface area contributed by atoms with Crippen LogP contribution in [0.5, 0.6) is 6.01 Å². The Hall–Kier alpha value is -2.32. The van der Waals surface area contributed by atoms with Crippen molar-refractivity contribution >= 4 is 11.5 Å². The molecule has 0 aromatic carbocycles. The molecule has 2 aliphatic heterocycles. The van der Waals surface area contributed by atoms with Crippen LogP contribution >= 0.6 is 0 Å². The first-order valence-electron chi connectivity index (χ1n) is 9.81. The highest BCUT2D eigenvalue weighted by atomic mass is 16.5. The van der Waals surface area contributed by atoms with Crippen molar-refractivity contribution in [3.05, 3.63) is 30.9 Å². The van der Waals surface area contributed by atoms with E-state index in [2.05, 4.69) is 39.3 Å². The van der Waals surface area contributed by atoms with Gasteiger partial charge in [-0.25, -0.2) is 9.99 Å². The van der Waals surface area contributed by atoms with Gasteiger partial charge in [-0.1, -0.05) is 0 Å². The minimum absolute atomic E-state index is 0.204. The molecule has 0 spiro atoms. The predicted molar refractivity (Wildman–Crippen MR) is 101 cm³/mol. The molecule has 8 nitrogen and oxygen atoms in total. The minimum Gasteiger partial charge on any atom is -0.461 e. The summed E-state index contributed by atoms with van der Waals surface area (Å²) in [5, 5.41) is 4.48. The van der Waals surface area contributed by atoms with Gasteiger partial charge in [0.05, 0.1) is 13.2 Å². The predicted octanol–water partition coefficient (Wildman–Crippen LogP) is 1.89. The van der Waals surface area contributed by atoms with Crippen LogP contribution in [0.15, 0.2) is 30.9 Å². The zero-order chi connectivity index (χ0) is 18.2. The smallest absolute Gasteiger partial charge is 0.304 e. The van der Waals surface area contributed by atoms with Gasteiger partial charge in [-0.15, -0.1) is 0 Å². The summed E-state index contributed by atoms with van der Waals surface area (Å²) in [6.07, 6.45) is 12.5. The van der Waals surface area contributed by atoms with Crippen molar-refractivity contribution in [3.8, 4) is 6.01 Å². The van der Waals surface area contributed by atoms with Crippen LogP contribution in [-0.4, -0.2) is 69.9 Å². The van der Waals surface area contributed by atoms with E-state index in [0.29, 0.717) is 12.1 Å². The summed E-state index contributed by atoms with van der Waals surface area (Å²) < 4.78 is 13.8. The molecule has 3 aliphatic rings. The van der Waals surface area contributed by atoms with E-state index in [1.165, 1.54) is 0 Å². The van der Waals surface area contributed by atoms with Gasteiger partial charge in [0.2, 0.25) is 0 Å². The Balaban J connectivity index is 1.30. The second-order valence-electron chi connectivity index (χ2n) is 7.45. The molecule has 27 heavy (non-hydrogen) atoms. The van der Waals surface area contributed by atoms with E-state index < -0.39 is 0 Å². The molecular formula is C19H26N6O2. The largest absolute Gasteiger partial charge is 0.461 e. The number of ether oxygens (including phenoxy) is 2. The molecule has 1 aliphatic carbocycles. The maximum Gasteiger partial charge on any atom is 0.304 e. The van der Waals surface area contributed by atoms with Gasteiger partial charge in [-0.2, -0.15) is 4.98 Å². The minimum atomic E-state index is 0.204. The van der Waals surface area contributed by atoms with Gasteiger partial charge in [0.1, 0.15) is 17.6 Å². The molecule has 0 amide bonds. The number of fused-ring (bicyclic) bond motifs is 1. The van der Waals surface area contributed by atoms with Crippen LogP contribution < -0.4 is 9.64 Å². The molecule has 0 unspecified atom stereocenters. The number of anilines is 1. The number of morpholine rings is 1. The highest BCUT2D eigenvalue weighted by Crippen LogP contribution is 2.29. The average Bonchev–Trinajstić information content (AvgIpc) is 3.46.